The molecular formula is C119H93Ir3N7O3SSi4-6. The van der Waals surface area contributed by atoms with Gasteiger partial charge in [0.2, 0.25) is 0 Å². The van der Waals surface area contributed by atoms with Crippen LogP contribution in [0.3, 0.4) is 0 Å². The predicted molar refractivity (Wildman–Crippen MR) is 559 cm³/mol. The number of nitrogens with zero attached hydrogens (tertiary/aromatic N) is 7. The Morgan fingerprint density at radius 3 is 1.07 bits per heavy atom. The molecule has 0 aliphatic carbocycles. The van der Waals surface area contributed by atoms with Crippen LogP contribution in [0.15, 0.2) is 470 Å². The number of rotatable bonds is 14. The van der Waals surface area contributed by atoms with Crippen molar-refractivity contribution in [3.63, 3.8) is 0 Å². The van der Waals surface area contributed by atoms with E-state index in [0.29, 0.717) is 15.5 Å². The van der Waals surface area contributed by atoms with Gasteiger partial charge in [-0.05, 0) is 113 Å². The SMILES string of the molecule is C[Si](C)(c1ccccc1)c1ccc(-c2[c-]cc3c(c2)-c2ccccc2S3(=O)=O)nc1.C[Si](C)(c1ccccc1)c1ccc(-c2[c-]cc3c(c2)-c2ccccc2[Si]3(c2ccccc2)c2ccccc2)nc1.C[Si](C)(c1ccccc1)c1ccc(-c2[c-]nc3oc4ccccc4c3c2)nc1.[Ir].[Ir].[Ir].[c-]1ccccc1-c1ccccn1.[c-]1ccccc1-c1ccccn1.[c-]1ccccc1-c1ccccn1. The van der Waals surface area contributed by atoms with E-state index in [9.17, 15) is 8.42 Å². The summed E-state index contributed by atoms with van der Waals surface area (Å²) in [5, 5.41) is 15.8. The number of benzene rings is 13. The van der Waals surface area contributed by atoms with Crippen LogP contribution in [0.5, 0.6) is 0 Å². The first-order valence-electron chi connectivity index (χ1n) is 44.6. The van der Waals surface area contributed by atoms with Crippen molar-refractivity contribution in [2.24, 2.45) is 0 Å². The van der Waals surface area contributed by atoms with Crippen LogP contribution >= 0.6 is 0 Å². The van der Waals surface area contributed by atoms with Gasteiger partial charge in [-0.3, -0.25) is 0 Å². The van der Waals surface area contributed by atoms with Gasteiger partial charge in [0.15, 0.2) is 9.84 Å². The summed E-state index contributed by atoms with van der Waals surface area (Å²) in [6.07, 6.45) is 14.5. The van der Waals surface area contributed by atoms with Gasteiger partial charge in [-0.1, -0.05) is 361 Å². The van der Waals surface area contributed by atoms with Crippen molar-refractivity contribution in [3.05, 3.63) is 492 Å². The smallest absolute Gasteiger partial charge is 0.173 e. The first-order chi connectivity index (χ1) is 65.5. The molecule has 3 radical (unpaired) electrons. The maximum atomic E-state index is 12.8. The van der Waals surface area contributed by atoms with Crippen molar-refractivity contribution in [1.82, 2.24) is 34.9 Å². The Hall–Kier alpha value is -13.5. The van der Waals surface area contributed by atoms with E-state index in [0.717, 1.165) is 95.0 Å². The largest absolute Gasteiger partial charge is 0.483 e. The van der Waals surface area contributed by atoms with Gasteiger partial charge in [0.1, 0.15) is 43.6 Å². The number of aromatic nitrogens is 7. The second kappa shape index (κ2) is 44.5. The van der Waals surface area contributed by atoms with Gasteiger partial charge in [0.25, 0.3) is 0 Å². The molecule has 0 unspecified atom stereocenters. The Morgan fingerprint density at radius 1 is 0.277 bits per heavy atom. The molecule has 0 bridgehead atoms. The summed E-state index contributed by atoms with van der Waals surface area (Å²) in [5.41, 5.74) is 17.0. The standard InChI is InChI=1S/C37H30NSi2.C25H20NO2SSi.C24H19N2OSi.3C11H8N.3Ir/c1-39(2,29-14-6-3-7-15-29)32-23-24-35(38-27-32)28-22-25-37-34(26-28)33-20-12-13-21-36(33)40(37,30-16-8-4-9-17-30)31-18-10-5-11-19-31;1-30(2,19-8-4-3-5-9-19)20-13-14-23(26-17-20)18-12-15-25-22(16-18)21-10-6-7-11-24(21)29(25,27)28;1-28(2,18-8-4-3-5-9-18)19-12-13-22(25-16-19)17-14-21-20-10-6-7-11-23(20)27-24(21)26-15-17;3*1-2-6-10(7-3-1)11-8-4-5-9-12-11;;;/h3-21,23-27H,1-2H3;3-11,13-17H,1-2H3;3-14,16H,1-2H3;3*1-6,8-9H;;;/q6*-1;;;. The van der Waals surface area contributed by atoms with E-state index in [1.807, 2.05) is 188 Å². The van der Waals surface area contributed by atoms with Crippen LogP contribution in [-0.4, -0.2) is 75.6 Å². The Labute approximate surface area is 847 Å². The molecule has 2 aliphatic rings. The summed E-state index contributed by atoms with van der Waals surface area (Å²) >= 11 is 0. The number of sulfone groups is 1. The topological polar surface area (TPSA) is 138 Å². The van der Waals surface area contributed by atoms with Gasteiger partial charge in [0, 0.05) is 103 Å². The molecule has 8 aromatic heterocycles. The number of para-hydroxylation sites is 1. The van der Waals surface area contributed by atoms with Gasteiger partial charge in [-0.25, -0.2) is 8.42 Å². The van der Waals surface area contributed by atoms with Crippen LogP contribution in [0.2, 0.25) is 39.3 Å². The molecule has 0 fully saturated rings. The molecule has 0 spiro atoms. The second-order valence-corrected chi connectivity index (χ2v) is 53.0. The van der Waals surface area contributed by atoms with Crippen molar-refractivity contribution in [2.75, 3.05) is 0 Å². The van der Waals surface area contributed by atoms with Gasteiger partial charge < -0.3 is 39.3 Å². The Kier molecular flexibility index (Phi) is 31.8. The number of hydrogen-bond acceptors (Lipinski definition) is 10. The monoisotopic (exact) mass is 2390 g/mol. The normalized spacial score (nSPS) is 12.0. The molecule has 137 heavy (non-hydrogen) atoms. The number of furan rings is 1. The van der Waals surface area contributed by atoms with Gasteiger partial charge in [0.05, 0.1) is 4.90 Å². The fraction of sp³-hybridized carbons (Fsp3) is 0.0504. The third-order valence-corrected chi connectivity index (χ3v) is 42.2. The van der Waals surface area contributed by atoms with Crippen LogP contribution < -0.4 is 51.9 Å². The van der Waals surface area contributed by atoms with Crippen LogP contribution in [0, 0.1) is 36.5 Å². The molecule has 0 saturated heterocycles. The third kappa shape index (κ3) is 21.4. The Balaban J connectivity index is 0.000000132. The van der Waals surface area contributed by atoms with Crippen LogP contribution in [0.4, 0.5) is 0 Å². The average molecular weight is 2390 g/mol. The molecule has 10 heterocycles. The van der Waals surface area contributed by atoms with E-state index in [1.54, 1.807) is 36.8 Å². The van der Waals surface area contributed by atoms with E-state index < -0.39 is 42.1 Å². The summed E-state index contributed by atoms with van der Waals surface area (Å²) in [5.74, 6) is 0. The number of pyridine rings is 7. The minimum atomic E-state index is -3.47. The molecule has 21 aromatic rings. The van der Waals surface area contributed by atoms with E-state index >= 15 is 0 Å². The fourth-order valence-electron chi connectivity index (χ4n) is 17.4. The molecular weight excluding hydrogens is 2300 g/mol. The molecule has 18 heteroatoms. The molecule has 13 aromatic carbocycles. The van der Waals surface area contributed by atoms with Crippen molar-refractivity contribution in [1.29, 1.82) is 0 Å². The van der Waals surface area contributed by atoms with Gasteiger partial charge >= 0.3 is 0 Å². The predicted octanol–water partition coefficient (Wildman–Crippen LogP) is 21.2. The first kappa shape index (κ1) is 98.0. The summed E-state index contributed by atoms with van der Waals surface area (Å²) in [4.78, 5) is 32.2. The molecule has 0 N–H and O–H groups in total. The van der Waals surface area contributed by atoms with Gasteiger partial charge in [-0.15, -0.1) is 172 Å². The number of fused-ring (bicyclic) bond motifs is 9. The zero-order valence-corrected chi connectivity index (χ0v) is 88.1. The molecule has 677 valence electrons. The molecule has 10 nitrogen and oxygen atoms in total. The molecule has 0 atom stereocenters. The van der Waals surface area contributed by atoms with E-state index in [-0.39, 0.29) is 60.3 Å². The summed E-state index contributed by atoms with van der Waals surface area (Å²) in [6, 6.07) is 159. The van der Waals surface area contributed by atoms with E-state index in [1.165, 1.54) is 63.0 Å². The Bertz CT molecular complexity index is 7340. The van der Waals surface area contributed by atoms with Gasteiger partial charge in [-0.2, -0.15) is 0 Å². The van der Waals surface area contributed by atoms with Crippen LogP contribution in [-0.2, 0) is 70.2 Å². The van der Waals surface area contributed by atoms with E-state index in [4.69, 9.17) is 19.4 Å². The average Bonchev–Trinajstić information content (AvgIpc) is 1.55. The number of hydrogen-bond donors (Lipinski definition) is 0. The molecule has 0 amide bonds. The van der Waals surface area contributed by atoms with Crippen molar-refractivity contribution in [3.8, 4) is 89.8 Å². The molecule has 2 aliphatic heterocycles. The summed E-state index contributed by atoms with van der Waals surface area (Å²) < 4.78 is 31.4. The minimum absolute atomic E-state index is 0. The molecule has 0 saturated carbocycles. The van der Waals surface area contributed by atoms with Crippen molar-refractivity contribution in [2.45, 2.75) is 49.1 Å². The zero-order valence-electron chi connectivity index (χ0n) is 76.1. The van der Waals surface area contributed by atoms with Crippen molar-refractivity contribution < 1.29 is 73.2 Å². The third-order valence-electron chi connectivity index (χ3n) is 25.0. The fourth-order valence-corrected chi connectivity index (χ4v) is 30.9. The van der Waals surface area contributed by atoms with Crippen LogP contribution in [0.25, 0.3) is 112 Å². The second-order valence-electron chi connectivity index (χ2n) is 34.2. The van der Waals surface area contributed by atoms with Crippen molar-refractivity contribution >= 4 is 116 Å². The maximum Gasteiger partial charge on any atom is 0.173 e. The minimum Gasteiger partial charge on any atom is -0.483 e. The molecule has 23 rings (SSSR count). The zero-order chi connectivity index (χ0) is 91.9. The maximum absolute atomic E-state index is 12.8. The summed E-state index contributed by atoms with van der Waals surface area (Å²) in [6.45, 7) is 14.2. The quantitative estimate of drug-likeness (QED) is 0.0764. The van der Waals surface area contributed by atoms with Crippen LogP contribution in [0.1, 0.15) is 0 Å². The summed E-state index contributed by atoms with van der Waals surface area (Å²) in [7, 11) is -11.3. The van der Waals surface area contributed by atoms with E-state index in [2.05, 4.69) is 326 Å². The first-order valence-corrected chi connectivity index (χ1v) is 57.1. The Morgan fingerprint density at radius 2 is 0.650 bits per heavy atom.